The molecule has 6 heteroatoms. The van der Waals surface area contributed by atoms with E-state index in [9.17, 15) is 9.59 Å². The van der Waals surface area contributed by atoms with Gasteiger partial charge in [0.25, 0.3) is 5.91 Å². The molecule has 3 rings (SSSR count). The standard InChI is InChI=1S/C30H35NO5/c1-3-4-5-6-7-22-35-27-18-12-25(13-19-27)30(33)36-28-14-8-23(9-15-28)20-21-31-29(32)24-10-16-26(34-2)17-11-24/h8-19H,3-7,20-22H2,1-2H3,(H,31,32). The summed E-state index contributed by atoms with van der Waals surface area (Å²) in [6.45, 7) is 3.38. The fraction of sp³-hybridized carbons (Fsp3) is 0.333. The van der Waals surface area contributed by atoms with Crippen molar-refractivity contribution in [3.63, 3.8) is 0 Å². The molecule has 3 aromatic carbocycles. The number of ether oxygens (including phenoxy) is 3. The maximum Gasteiger partial charge on any atom is 0.343 e. The van der Waals surface area contributed by atoms with Crippen LogP contribution < -0.4 is 19.5 Å². The van der Waals surface area contributed by atoms with Gasteiger partial charge in [-0.15, -0.1) is 0 Å². The van der Waals surface area contributed by atoms with Gasteiger partial charge >= 0.3 is 5.97 Å². The smallest absolute Gasteiger partial charge is 0.343 e. The number of hydrogen-bond donors (Lipinski definition) is 1. The monoisotopic (exact) mass is 489 g/mol. The topological polar surface area (TPSA) is 73.9 Å². The highest BCUT2D eigenvalue weighted by atomic mass is 16.5. The molecular weight excluding hydrogens is 454 g/mol. The Hall–Kier alpha value is -3.80. The molecule has 0 spiro atoms. The summed E-state index contributed by atoms with van der Waals surface area (Å²) in [5.74, 6) is 1.39. The average Bonchev–Trinajstić information content (AvgIpc) is 2.92. The largest absolute Gasteiger partial charge is 0.497 e. The lowest BCUT2D eigenvalue weighted by Gasteiger charge is -2.09. The fourth-order valence-electron chi connectivity index (χ4n) is 3.64. The van der Waals surface area contributed by atoms with Crippen LogP contribution in [0.15, 0.2) is 72.8 Å². The number of rotatable bonds is 14. The molecule has 0 fully saturated rings. The number of unbranched alkanes of at least 4 members (excludes halogenated alkanes) is 4. The third-order valence-corrected chi connectivity index (χ3v) is 5.79. The van der Waals surface area contributed by atoms with Gasteiger partial charge in [0.2, 0.25) is 0 Å². The Balaban J connectivity index is 1.39. The molecule has 190 valence electrons. The van der Waals surface area contributed by atoms with Crippen molar-refractivity contribution < 1.29 is 23.8 Å². The molecule has 0 aliphatic heterocycles. The van der Waals surface area contributed by atoms with Gasteiger partial charge in [-0.2, -0.15) is 0 Å². The van der Waals surface area contributed by atoms with Crippen LogP contribution in [0.3, 0.4) is 0 Å². The summed E-state index contributed by atoms with van der Waals surface area (Å²) in [5.41, 5.74) is 2.08. The van der Waals surface area contributed by atoms with Gasteiger partial charge < -0.3 is 19.5 Å². The molecule has 0 aliphatic rings. The van der Waals surface area contributed by atoms with E-state index in [0.717, 1.165) is 17.7 Å². The van der Waals surface area contributed by atoms with Gasteiger partial charge in [0, 0.05) is 12.1 Å². The molecular formula is C30H35NO5. The Bertz CT molecular complexity index is 1080. The van der Waals surface area contributed by atoms with Crippen LogP contribution in [0, 0.1) is 0 Å². The van der Waals surface area contributed by atoms with Crippen molar-refractivity contribution in [2.75, 3.05) is 20.3 Å². The maximum atomic E-state index is 12.5. The third kappa shape index (κ3) is 8.77. The van der Waals surface area contributed by atoms with E-state index >= 15 is 0 Å². The van der Waals surface area contributed by atoms with Gasteiger partial charge in [0.1, 0.15) is 17.2 Å². The SMILES string of the molecule is CCCCCCCOc1ccc(C(=O)Oc2ccc(CCNC(=O)c3ccc(OC)cc3)cc2)cc1. The third-order valence-electron chi connectivity index (χ3n) is 5.79. The average molecular weight is 490 g/mol. The first kappa shape index (κ1) is 26.8. The highest BCUT2D eigenvalue weighted by Crippen LogP contribution is 2.18. The molecule has 1 N–H and O–H groups in total. The number of benzene rings is 3. The van der Waals surface area contributed by atoms with Crippen molar-refractivity contribution >= 4 is 11.9 Å². The summed E-state index contributed by atoms with van der Waals surface area (Å²) < 4.78 is 16.4. The molecule has 0 saturated heterocycles. The van der Waals surface area contributed by atoms with E-state index in [4.69, 9.17) is 14.2 Å². The Labute approximate surface area is 213 Å². The molecule has 0 heterocycles. The normalized spacial score (nSPS) is 10.5. The molecule has 0 aromatic heterocycles. The van der Waals surface area contributed by atoms with Gasteiger partial charge in [-0.25, -0.2) is 4.79 Å². The Morgan fingerprint density at radius 3 is 2.00 bits per heavy atom. The molecule has 0 aliphatic carbocycles. The first-order chi connectivity index (χ1) is 17.6. The minimum Gasteiger partial charge on any atom is -0.497 e. The lowest BCUT2D eigenvalue weighted by molar-refractivity contribution is 0.0734. The second kappa shape index (κ2) is 14.6. The van der Waals surface area contributed by atoms with Crippen LogP contribution in [-0.4, -0.2) is 32.1 Å². The Morgan fingerprint density at radius 1 is 0.722 bits per heavy atom. The van der Waals surface area contributed by atoms with E-state index in [1.165, 1.54) is 25.7 Å². The summed E-state index contributed by atoms with van der Waals surface area (Å²) in [6.07, 6.45) is 6.62. The van der Waals surface area contributed by atoms with Crippen molar-refractivity contribution in [3.05, 3.63) is 89.5 Å². The van der Waals surface area contributed by atoms with Gasteiger partial charge in [-0.05, 0) is 79.1 Å². The number of hydrogen-bond acceptors (Lipinski definition) is 5. The van der Waals surface area contributed by atoms with E-state index in [1.807, 2.05) is 12.1 Å². The Kier molecular flexibility index (Phi) is 10.8. The van der Waals surface area contributed by atoms with Crippen LogP contribution in [0.5, 0.6) is 17.2 Å². The second-order valence-electron chi connectivity index (χ2n) is 8.55. The summed E-state index contributed by atoms with van der Waals surface area (Å²) in [6, 6.07) is 21.3. The molecule has 0 radical (unpaired) electrons. The number of carbonyl (C=O) groups is 2. The van der Waals surface area contributed by atoms with E-state index in [0.29, 0.717) is 42.2 Å². The van der Waals surface area contributed by atoms with E-state index in [1.54, 1.807) is 67.8 Å². The summed E-state index contributed by atoms with van der Waals surface area (Å²) in [7, 11) is 1.59. The lowest BCUT2D eigenvalue weighted by atomic mass is 10.1. The van der Waals surface area contributed by atoms with Crippen LogP contribution in [0.1, 0.15) is 65.3 Å². The predicted octanol–water partition coefficient (Wildman–Crippen LogP) is 6.24. The highest BCUT2D eigenvalue weighted by Gasteiger charge is 2.10. The summed E-state index contributed by atoms with van der Waals surface area (Å²) in [5, 5.41) is 2.91. The molecule has 0 saturated carbocycles. The number of nitrogens with one attached hydrogen (secondary N) is 1. The quantitative estimate of drug-likeness (QED) is 0.165. The van der Waals surface area contributed by atoms with Crippen LogP contribution in [-0.2, 0) is 6.42 Å². The molecule has 0 atom stereocenters. The van der Waals surface area contributed by atoms with Crippen molar-refractivity contribution in [2.24, 2.45) is 0 Å². The molecule has 36 heavy (non-hydrogen) atoms. The molecule has 3 aromatic rings. The van der Waals surface area contributed by atoms with E-state index in [-0.39, 0.29) is 5.91 Å². The number of carbonyl (C=O) groups excluding carboxylic acids is 2. The predicted molar refractivity (Wildman–Crippen MR) is 141 cm³/mol. The molecule has 1 amide bonds. The minimum atomic E-state index is -0.416. The number of methoxy groups -OCH3 is 1. The highest BCUT2D eigenvalue weighted by molar-refractivity contribution is 5.94. The zero-order valence-corrected chi connectivity index (χ0v) is 21.1. The Morgan fingerprint density at radius 2 is 1.33 bits per heavy atom. The van der Waals surface area contributed by atoms with Gasteiger partial charge in [-0.1, -0.05) is 44.7 Å². The lowest BCUT2D eigenvalue weighted by Crippen LogP contribution is -2.25. The zero-order valence-electron chi connectivity index (χ0n) is 21.1. The molecule has 6 nitrogen and oxygen atoms in total. The second-order valence-corrected chi connectivity index (χ2v) is 8.55. The van der Waals surface area contributed by atoms with Gasteiger partial charge in [-0.3, -0.25) is 4.79 Å². The summed E-state index contributed by atoms with van der Waals surface area (Å²) in [4.78, 5) is 24.7. The van der Waals surface area contributed by atoms with Gasteiger partial charge in [0.05, 0.1) is 19.3 Å². The number of esters is 1. The molecule has 0 unspecified atom stereocenters. The number of amides is 1. The van der Waals surface area contributed by atoms with Gasteiger partial charge in [0.15, 0.2) is 0 Å². The van der Waals surface area contributed by atoms with Crippen molar-refractivity contribution in [2.45, 2.75) is 45.4 Å². The van der Waals surface area contributed by atoms with Crippen LogP contribution >= 0.6 is 0 Å². The van der Waals surface area contributed by atoms with E-state index < -0.39 is 5.97 Å². The van der Waals surface area contributed by atoms with Crippen molar-refractivity contribution in [1.82, 2.24) is 5.32 Å². The van der Waals surface area contributed by atoms with Crippen molar-refractivity contribution in [3.8, 4) is 17.2 Å². The van der Waals surface area contributed by atoms with E-state index in [2.05, 4.69) is 12.2 Å². The minimum absolute atomic E-state index is 0.133. The van der Waals surface area contributed by atoms with Crippen molar-refractivity contribution in [1.29, 1.82) is 0 Å². The summed E-state index contributed by atoms with van der Waals surface area (Å²) >= 11 is 0. The fourth-order valence-corrected chi connectivity index (χ4v) is 3.64. The maximum absolute atomic E-state index is 12.5. The van der Waals surface area contributed by atoms with Crippen LogP contribution in [0.25, 0.3) is 0 Å². The van der Waals surface area contributed by atoms with Crippen LogP contribution in [0.2, 0.25) is 0 Å². The van der Waals surface area contributed by atoms with Crippen LogP contribution in [0.4, 0.5) is 0 Å². The molecule has 0 bridgehead atoms. The first-order valence-electron chi connectivity index (χ1n) is 12.5. The zero-order chi connectivity index (χ0) is 25.6. The first-order valence-corrected chi connectivity index (χ1v) is 12.5.